The minimum absolute atomic E-state index is 0.301. The molecule has 2 fully saturated rings. The molecular weight excluding hydrogens is 304 g/mol. The molecule has 2 aromatic rings. The van der Waals surface area contributed by atoms with Crippen LogP contribution in [0, 0.1) is 19.8 Å². The molecule has 1 aliphatic carbocycles. The highest BCUT2D eigenvalue weighted by Crippen LogP contribution is 2.31. The topological polar surface area (TPSA) is 67.2 Å². The number of carbonyl (C=O) groups is 1. The van der Waals surface area contributed by atoms with Crippen molar-refractivity contribution in [1.82, 2.24) is 24.4 Å². The maximum Gasteiger partial charge on any atom is 0.225 e. The highest BCUT2D eigenvalue weighted by Gasteiger charge is 2.34. The second kappa shape index (κ2) is 5.89. The number of anilines is 1. The van der Waals surface area contributed by atoms with Crippen molar-refractivity contribution in [2.24, 2.45) is 5.92 Å². The van der Waals surface area contributed by atoms with Crippen LogP contribution in [0.5, 0.6) is 0 Å². The van der Waals surface area contributed by atoms with Gasteiger partial charge in [-0.3, -0.25) is 9.36 Å². The summed E-state index contributed by atoms with van der Waals surface area (Å²) in [7, 11) is 0. The molecule has 4 rings (SSSR count). The Labute approximate surface area is 141 Å². The molecule has 0 aromatic carbocycles. The van der Waals surface area contributed by atoms with Gasteiger partial charge in [0.2, 0.25) is 5.91 Å². The van der Waals surface area contributed by atoms with E-state index >= 15 is 0 Å². The summed E-state index contributed by atoms with van der Waals surface area (Å²) < 4.78 is 1.98. The van der Waals surface area contributed by atoms with Crippen molar-refractivity contribution >= 4 is 11.7 Å². The number of carbonyl (C=O) groups excluding carboxylic acids is 1. The molecule has 126 valence electrons. The molecule has 0 atom stereocenters. The van der Waals surface area contributed by atoms with Crippen LogP contribution in [0.25, 0.3) is 5.82 Å². The smallest absolute Gasteiger partial charge is 0.225 e. The number of hydrogen-bond donors (Lipinski definition) is 0. The average Bonchev–Trinajstić information content (AvgIpc) is 3.41. The summed E-state index contributed by atoms with van der Waals surface area (Å²) in [6, 6.07) is 1.99. The molecule has 1 saturated carbocycles. The van der Waals surface area contributed by atoms with Crippen LogP contribution in [0.2, 0.25) is 0 Å². The van der Waals surface area contributed by atoms with E-state index in [4.69, 9.17) is 0 Å². The number of imidazole rings is 1. The maximum atomic E-state index is 12.2. The monoisotopic (exact) mass is 326 g/mol. The van der Waals surface area contributed by atoms with Gasteiger partial charge in [0, 0.05) is 43.9 Å². The molecule has 7 heteroatoms. The molecule has 0 unspecified atom stereocenters. The third-order valence-electron chi connectivity index (χ3n) is 4.98. The average molecular weight is 326 g/mol. The lowest BCUT2D eigenvalue weighted by molar-refractivity contribution is -0.132. The van der Waals surface area contributed by atoms with Crippen molar-refractivity contribution in [3.8, 4) is 5.82 Å². The second-order valence-corrected chi connectivity index (χ2v) is 6.61. The molecule has 1 amide bonds. The Kier molecular flexibility index (Phi) is 3.70. The summed E-state index contributed by atoms with van der Waals surface area (Å²) in [5.41, 5.74) is 2.09. The first-order valence-electron chi connectivity index (χ1n) is 8.50. The summed E-state index contributed by atoms with van der Waals surface area (Å²) in [5, 5.41) is 0. The van der Waals surface area contributed by atoms with Crippen molar-refractivity contribution in [2.45, 2.75) is 26.7 Å². The van der Waals surface area contributed by atoms with Gasteiger partial charge >= 0.3 is 0 Å². The van der Waals surface area contributed by atoms with E-state index in [9.17, 15) is 4.79 Å². The van der Waals surface area contributed by atoms with Crippen LogP contribution in [0.15, 0.2) is 18.7 Å². The van der Waals surface area contributed by atoms with Crippen LogP contribution in [-0.4, -0.2) is 56.5 Å². The summed E-state index contributed by atoms with van der Waals surface area (Å²) in [5.74, 6) is 2.37. The number of aromatic nitrogens is 4. The highest BCUT2D eigenvalue weighted by molar-refractivity contribution is 5.81. The Morgan fingerprint density at radius 1 is 1.04 bits per heavy atom. The first-order chi connectivity index (χ1) is 11.6. The van der Waals surface area contributed by atoms with Gasteiger partial charge in [0.25, 0.3) is 0 Å². The largest absolute Gasteiger partial charge is 0.353 e. The molecule has 2 aliphatic rings. The van der Waals surface area contributed by atoms with Gasteiger partial charge in [0.05, 0.1) is 5.69 Å². The Morgan fingerprint density at radius 3 is 2.38 bits per heavy atom. The van der Waals surface area contributed by atoms with Crippen LogP contribution in [0.3, 0.4) is 0 Å². The lowest BCUT2D eigenvalue weighted by atomic mass is 10.2. The normalized spacial score (nSPS) is 18.1. The molecular formula is C17H22N6O. The Bertz CT molecular complexity index is 758. The van der Waals surface area contributed by atoms with Crippen molar-refractivity contribution in [3.05, 3.63) is 30.1 Å². The summed E-state index contributed by atoms with van der Waals surface area (Å²) in [6.07, 6.45) is 5.53. The van der Waals surface area contributed by atoms with Crippen LogP contribution >= 0.6 is 0 Å². The number of nitrogens with zero attached hydrogens (tertiary/aromatic N) is 6. The molecule has 3 heterocycles. The first kappa shape index (κ1) is 15.1. The van der Waals surface area contributed by atoms with Crippen LogP contribution in [-0.2, 0) is 4.79 Å². The van der Waals surface area contributed by atoms with Crippen molar-refractivity contribution in [3.63, 3.8) is 0 Å². The van der Waals surface area contributed by atoms with E-state index in [2.05, 4.69) is 19.9 Å². The van der Waals surface area contributed by atoms with Gasteiger partial charge in [-0.1, -0.05) is 0 Å². The van der Waals surface area contributed by atoms with Crippen molar-refractivity contribution in [2.75, 3.05) is 31.1 Å². The highest BCUT2D eigenvalue weighted by atomic mass is 16.2. The van der Waals surface area contributed by atoms with Crippen molar-refractivity contribution < 1.29 is 4.79 Å². The summed E-state index contributed by atoms with van der Waals surface area (Å²) in [6.45, 7) is 7.21. The molecule has 7 nitrogen and oxygen atoms in total. The van der Waals surface area contributed by atoms with E-state index in [0.717, 1.165) is 62.0 Å². The predicted molar refractivity (Wildman–Crippen MR) is 90.1 cm³/mol. The van der Waals surface area contributed by atoms with Crippen LogP contribution < -0.4 is 4.90 Å². The number of amides is 1. The Balaban J connectivity index is 1.48. The van der Waals surface area contributed by atoms with E-state index in [1.807, 2.05) is 29.4 Å². The molecule has 2 aromatic heterocycles. The minimum atomic E-state index is 0.301. The van der Waals surface area contributed by atoms with Gasteiger partial charge in [-0.15, -0.1) is 0 Å². The summed E-state index contributed by atoms with van der Waals surface area (Å²) >= 11 is 0. The standard InChI is InChI=1S/C17H22N6O/c1-12-13(2)23(11-20-12)16-9-15(18-10-19-16)21-5-7-22(8-6-21)17(24)14-3-4-14/h9-11,14H,3-8H2,1-2H3. The van der Waals surface area contributed by atoms with E-state index in [1.165, 1.54) is 0 Å². The zero-order valence-corrected chi connectivity index (χ0v) is 14.1. The van der Waals surface area contributed by atoms with E-state index in [1.54, 1.807) is 12.7 Å². The zero-order valence-electron chi connectivity index (χ0n) is 14.1. The molecule has 0 radical (unpaired) electrons. The van der Waals surface area contributed by atoms with Crippen LogP contribution in [0.1, 0.15) is 24.2 Å². The quantitative estimate of drug-likeness (QED) is 0.851. The second-order valence-electron chi connectivity index (χ2n) is 6.61. The fourth-order valence-corrected chi connectivity index (χ4v) is 3.12. The predicted octanol–water partition coefficient (Wildman–Crippen LogP) is 1.34. The lowest BCUT2D eigenvalue weighted by Gasteiger charge is -2.35. The fourth-order valence-electron chi connectivity index (χ4n) is 3.12. The van der Waals surface area contributed by atoms with Gasteiger partial charge < -0.3 is 9.80 Å². The molecule has 0 N–H and O–H groups in total. The molecule has 24 heavy (non-hydrogen) atoms. The molecule has 1 saturated heterocycles. The third-order valence-corrected chi connectivity index (χ3v) is 4.98. The minimum Gasteiger partial charge on any atom is -0.353 e. The van der Waals surface area contributed by atoms with Gasteiger partial charge in [-0.2, -0.15) is 0 Å². The SMILES string of the molecule is Cc1ncn(-c2cc(N3CCN(C(=O)C4CC4)CC3)ncn2)c1C. The number of hydrogen-bond acceptors (Lipinski definition) is 5. The van der Waals surface area contributed by atoms with Gasteiger partial charge in [-0.05, 0) is 26.7 Å². The van der Waals surface area contributed by atoms with Gasteiger partial charge in [-0.25, -0.2) is 15.0 Å². The van der Waals surface area contributed by atoms with Crippen molar-refractivity contribution in [1.29, 1.82) is 0 Å². The molecule has 0 bridgehead atoms. The molecule has 1 aliphatic heterocycles. The number of aryl methyl sites for hydroxylation is 1. The van der Waals surface area contributed by atoms with Crippen LogP contribution in [0.4, 0.5) is 5.82 Å². The van der Waals surface area contributed by atoms with Gasteiger partial charge in [0.15, 0.2) is 0 Å². The van der Waals surface area contributed by atoms with Gasteiger partial charge in [0.1, 0.15) is 24.3 Å². The van der Waals surface area contributed by atoms with E-state index < -0.39 is 0 Å². The fraction of sp³-hybridized carbons (Fsp3) is 0.529. The number of rotatable bonds is 3. The lowest BCUT2D eigenvalue weighted by Crippen LogP contribution is -2.49. The van der Waals surface area contributed by atoms with E-state index in [0.29, 0.717) is 11.8 Å². The summed E-state index contributed by atoms with van der Waals surface area (Å²) in [4.78, 5) is 29.5. The maximum absolute atomic E-state index is 12.2. The Morgan fingerprint density at radius 2 is 1.75 bits per heavy atom. The zero-order chi connectivity index (χ0) is 16.7. The third kappa shape index (κ3) is 2.74. The molecule has 0 spiro atoms. The number of piperazine rings is 1. The Hall–Kier alpha value is -2.44. The first-order valence-corrected chi connectivity index (χ1v) is 8.50. The van der Waals surface area contributed by atoms with E-state index in [-0.39, 0.29) is 0 Å².